The molecule has 1 fully saturated rings. The first-order chi connectivity index (χ1) is 7.93. The first-order valence-corrected chi connectivity index (χ1v) is 5.45. The summed E-state index contributed by atoms with van der Waals surface area (Å²) >= 11 is 0. The lowest BCUT2D eigenvalue weighted by Gasteiger charge is -2.19. The number of aliphatic hydroxyl groups is 1. The minimum atomic E-state index is -1.45. The molecule has 7 nitrogen and oxygen atoms in total. The number of amides is 1. The highest BCUT2D eigenvalue weighted by Crippen LogP contribution is 2.09. The van der Waals surface area contributed by atoms with Gasteiger partial charge in [0, 0.05) is 19.4 Å². The highest BCUT2D eigenvalue weighted by Gasteiger charge is 2.36. The van der Waals surface area contributed by atoms with Gasteiger partial charge in [0.2, 0.25) is 5.91 Å². The van der Waals surface area contributed by atoms with Crippen molar-refractivity contribution < 1.29 is 19.5 Å². The van der Waals surface area contributed by atoms with E-state index in [4.69, 9.17) is 11.5 Å². The van der Waals surface area contributed by atoms with Gasteiger partial charge in [0.15, 0.2) is 11.6 Å². The van der Waals surface area contributed by atoms with Crippen LogP contribution >= 0.6 is 0 Å². The zero-order chi connectivity index (χ0) is 13.0. The Bertz CT molecular complexity index is 332. The van der Waals surface area contributed by atoms with Crippen LogP contribution in [-0.2, 0) is 14.4 Å². The number of aliphatic hydroxyl groups excluding tert-OH is 1. The maximum Gasteiger partial charge on any atom is 0.217 e. The lowest BCUT2D eigenvalue weighted by Crippen LogP contribution is -2.50. The van der Waals surface area contributed by atoms with Gasteiger partial charge in [-0.1, -0.05) is 0 Å². The van der Waals surface area contributed by atoms with Gasteiger partial charge in [-0.15, -0.1) is 0 Å². The third kappa shape index (κ3) is 3.58. The summed E-state index contributed by atoms with van der Waals surface area (Å²) in [4.78, 5) is 33.5. The summed E-state index contributed by atoms with van der Waals surface area (Å²) in [7, 11) is 0. The molecule has 0 bridgehead atoms. The van der Waals surface area contributed by atoms with E-state index in [1.807, 2.05) is 0 Å². The Morgan fingerprint density at radius 2 is 2.18 bits per heavy atom. The number of hydrogen-bond acceptors (Lipinski definition) is 6. The maximum absolute atomic E-state index is 11.7. The summed E-state index contributed by atoms with van der Waals surface area (Å²) in [5.74, 6) is -1.40. The Morgan fingerprint density at radius 3 is 2.65 bits per heavy atom. The molecule has 96 valence electrons. The summed E-state index contributed by atoms with van der Waals surface area (Å²) in [6, 6.07) is -1.85. The molecule has 7 heteroatoms. The zero-order valence-corrected chi connectivity index (χ0v) is 9.39. The Morgan fingerprint density at radius 1 is 1.53 bits per heavy atom. The monoisotopic (exact) mass is 243 g/mol. The quantitative estimate of drug-likeness (QED) is 0.405. The predicted molar refractivity (Wildman–Crippen MR) is 58.8 cm³/mol. The van der Waals surface area contributed by atoms with Crippen LogP contribution in [0.2, 0.25) is 0 Å². The molecule has 1 amide bonds. The molecular formula is C10H17N3O4. The largest absolute Gasteiger partial charge is 0.383 e. The van der Waals surface area contributed by atoms with E-state index in [1.165, 1.54) is 0 Å². The number of nitrogens with one attached hydrogen (secondary N) is 1. The van der Waals surface area contributed by atoms with Crippen molar-refractivity contribution in [2.24, 2.45) is 11.5 Å². The third-order valence-corrected chi connectivity index (χ3v) is 2.76. The van der Waals surface area contributed by atoms with E-state index in [9.17, 15) is 19.5 Å². The lowest BCUT2D eigenvalue weighted by atomic mass is 9.97. The molecular weight excluding hydrogens is 226 g/mol. The van der Waals surface area contributed by atoms with Gasteiger partial charge >= 0.3 is 0 Å². The van der Waals surface area contributed by atoms with E-state index >= 15 is 0 Å². The number of carbonyl (C=O) groups is 3. The number of Topliss-reactive ketones (excluding diaryl/α,β-unsaturated/α-hetero) is 2. The SMILES string of the molecule is NC(=O)CC[C@H](N)C(=O)C(O)[C@H]1NCCC1=O. The summed E-state index contributed by atoms with van der Waals surface area (Å²) < 4.78 is 0. The Balaban J connectivity index is 2.50. The van der Waals surface area contributed by atoms with Crippen molar-refractivity contribution >= 4 is 17.5 Å². The first-order valence-electron chi connectivity index (χ1n) is 5.45. The predicted octanol–water partition coefficient (Wildman–Crippen LogP) is -2.56. The number of primary amides is 1. The molecule has 0 aromatic rings. The van der Waals surface area contributed by atoms with Crippen LogP contribution in [0.1, 0.15) is 19.3 Å². The number of nitrogens with two attached hydrogens (primary N) is 2. The van der Waals surface area contributed by atoms with Crippen LogP contribution in [0.3, 0.4) is 0 Å². The van der Waals surface area contributed by atoms with Crippen molar-refractivity contribution in [3.63, 3.8) is 0 Å². The van der Waals surface area contributed by atoms with Gasteiger partial charge in [0.05, 0.1) is 12.1 Å². The van der Waals surface area contributed by atoms with Crippen molar-refractivity contribution in [2.45, 2.75) is 37.5 Å². The lowest BCUT2D eigenvalue weighted by molar-refractivity contribution is -0.134. The average molecular weight is 243 g/mol. The highest BCUT2D eigenvalue weighted by atomic mass is 16.3. The highest BCUT2D eigenvalue weighted by molar-refractivity contribution is 5.97. The smallest absolute Gasteiger partial charge is 0.217 e. The van der Waals surface area contributed by atoms with Crippen molar-refractivity contribution in [1.82, 2.24) is 5.32 Å². The van der Waals surface area contributed by atoms with Crippen LogP contribution < -0.4 is 16.8 Å². The van der Waals surface area contributed by atoms with Crippen LogP contribution in [0, 0.1) is 0 Å². The molecule has 1 unspecified atom stereocenters. The van der Waals surface area contributed by atoms with Gasteiger partial charge in [0.1, 0.15) is 6.10 Å². The van der Waals surface area contributed by atoms with Gasteiger partial charge in [-0.05, 0) is 6.42 Å². The molecule has 17 heavy (non-hydrogen) atoms. The number of rotatable bonds is 6. The first kappa shape index (κ1) is 13.8. The molecule has 0 spiro atoms. The van der Waals surface area contributed by atoms with Gasteiger partial charge in [-0.25, -0.2) is 0 Å². The fourth-order valence-corrected chi connectivity index (χ4v) is 1.73. The summed E-state index contributed by atoms with van der Waals surface area (Å²) in [5.41, 5.74) is 10.4. The third-order valence-electron chi connectivity index (χ3n) is 2.76. The van der Waals surface area contributed by atoms with E-state index in [-0.39, 0.29) is 18.6 Å². The molecule has 0 aromatic heterocycles. The Kier molecular flexibility index (Phi) is 4.73. The van der Waals surface area contributed by atoms with E-state index < -0.39 is 29.9 Å². The molecule has 1 saturated heterocycles. The van der Waals surface area contributed by atoms with E-state index in [2.05, 4.69) is 5.32 Å². The standard InChI is InChI=1S/C10H17N3O4/c11-5(1-2-7(12)15)9(16)10(17)8-6(14)3-4-13-8/h5,8,10,13,17H,1-4,11H2,(H2,12,15)/t5-,8-,10?/m0/s1. The van der Waals surface area contributed by atoms with E-state index in [0.29, 0.717) is 13.0 Å². The summed E-state index contributed by atoms with van der Waals surface area (Å²) in [6.07, 6.45) is -1.10. The molecule has 1 aliphatic heterocycles. The molecule has 3 atom stereocenters. The maximum atomic E-state index is 11.7. The second kappa shape index (κ2) is 5.85. The van der Waals surface area contributed by atoms with Crippen LogP contribution in [0.5, 0.6) is 0 Å². The van der Waals surface area contributed by atoms with Gasteiger partial charge in [-0.2, -0.15) is 0 Å². The number of carbonyl (C=O) groups excluding carboxylic acids is 3. The molecule has 1 aliphatic rings. The Hall–Kier alpha value is -1.31. The fraction of sp³-hybridized carbons (Fsp3) is 0.700. The molecule has 1 rings (SSSR count). The summed E-state index contributed by atoms with van der Waals surface area (Å²) in [5, 5.41) is 12.4. The van der Waals surface area contributed by atoms with Crippen molar-refractivity contribution in [2.75, 3.05) is 6.54 Å². The van der Waals surface area contributed by atoms with E-state index in [0.717, 1.165) is 0 Å². The van der Waals surface area contributed by atoms with E-state index in [1.54, 1.807) is 0 Å². The number of hydrogen-bond donors (Lipinski definition) is 4. The molecule has 0 aromatic carbocycles. The normalized spacial score (nSPS) is 23.4. The molecule has 0 aliphatic carbocycles. The molecule has 6 N–H and O–H groups in total. The van der Waals surface area contributed by atoms with Gasteiger partial charge in [-0.3, -0.25) is 14.4 Å². The second-order valence-electron chi connectivity index (χ2n) is 4.11. The minimum absolute atomic E-state index is 0.0222. The van der Waals surface area contributed by atoms with Crippen LogP contribution in [0.15, 0.2) is 0 Å². The van der Waals surface area contributed by atoms with Crippen molar-refractivity contribution in [3.8, 4) is 0 Å². The van der Waals surface area contributed by atoms with Gasteiger partial charge < -0.3 is 21.9 Å². The second-order valence-corrected chi connectivity index (χ2v) is 4.11. The van der Waals surface area contributed by atoms with Crippen molar-refractivity contribution in [3.05, 3.63) is 0 Å². The fourth-order valence-electron chi connectivity index (χ4n) is 1.73. The average Bonchev–Trinajstić information content (AvgIpc) is 2.70. The van der Waals surface area contributed by atoms with Crippen LogP contribution in [-0.4, -0.2) is 47.3 Å². The van der Waals surface area contributed by atoms with Crippen LogP contribution in [0.4, 0.5) is 0 Å². The summed E-state index contributed by atoms with van der Waals surface area (Å²) in [6.45, 7) is 0.449. The molecule has 0 radical (unpaired) electrons. The van der Waals surface area contributed by atoms with Gasteiger partial charge in [0.25, 0.3) is 0 Å². The number of ketones is 2. The topological polar surface area (TPSA) is 136 Å². The van der Waals surface area contributed by atoms with Crippen LogP contribution in [0.25, 0.3) is 0 Å². The molecule has 1 heterocycles. The van der Waals surface area contributed by atoms with Crippen molar-refractivity contribution in [1.29, 1.82) is 0 Å². The molecule has 0 saturated carbocycles. The Labute approximate surface area is 98.5 Å². The minimum Gasteiger partial charge on any atom is -0.383 e. The zero-order valence-electron chi connectivity index (χ0n) is 9.39.